The Morgan fingerprint density at radius 1 is 1.33 bits per heavy atom. The van der Waals surface area contributed by atoms with E-state index in [0.29, 0.717) is 24.4 Å². The Morgan fingerprint density at radius 3 is 2.50 bits per heavy atom. The number of Topliss-reactive ketones (excluding diaryl/α,β-unsaturated/α-hetero) is 1. The molecule has 98 valence electrons. The zero-order chi connectivity index (χ0) is 13.7. The van der Waals surface area contributed by atoms with Crippen LogP contribution in [-0.2, 0) is 11.3 Å². The molecule has 1 aromatic rings. The van der Waals surface area contributed by atoms with Crippen LogP contribution < -0.4 is 5.32 Å². The van der Waals surface area contributed by atoms with Gasteiger partial charge in [-0.05, 0) is 24.5 Å². The van der Waals surface area contributed by atoms with Crippen LogP contribution in [0, 0.1) is 5.92 Å². The third-order valence-corrected chi connectivity index (χ3v) is 3.27. The number of carbonyl (C=O) groups is 2. The molecule has 1 aromatic carbocycles. The van der Waals surface area contributed by atoms with E-state index >= 15 is 0 Å². The van der Waals surface area contributed by atoms with Crippen LogP contribution in [0.1, 0.15) is 43.1 Å². The fourth-order valence-electron chi connectivity index (χ4n) is 1.55. The van der Waals surface area contributed by atoms with Crippen molar-refractivity contribution >= 4 is 27.6 Å². The molecule has 0 fully saturated rings. The van der Waals surface area contributed by atoms with Crippen molar-refractivity contribution in [2.24, 2.45) is 5.92 Å². The van der Waals surface area contributed by atoms with E-state index in [2.05, 4.69) is 21.2 Å². The summed E-state index contributed by atoms with van der Waals surface area (Å²) in [6, 6.07) is 5.42. The first-order valence-corrected chi connectivity index (χ1v) is 6.75. The molecule has 0 heterocycles. The van der Waals surface area contributed by atoms with E-state index in [4.69, 9.17) is 0 Å². The molecule has 0 saturated heterocycles. The molecular formula is C14H18BrNO2. The zero-order valence-corrected chi connectivity index (χ0v) is 12.5. The van der Waals surface area contributed by atoms with Crippen molar-refractivity contribution in [2.45, 2.75) is 33.7 Å². The lowest BCUT2D eigenvalue weighted by Crippen LogP contribution is -2.24. The highest BCUT2D eigenvalue weighted by atomic mass is 79.9. The van der Waals surface area contributed by atoms with Gasteiger partial charge in [-0.1, -0.05) is 41.9 Å². The van der Waals surface area contributed by atoms with E-state index in [1.165, 1.54) is 6.92 Å². The highest BCUT2D eigenvalue weighted by Crippen LogP contribution is 2.19. The van der Waals surface area contributed by atoms with Gasteiger partial charge in [0.05, 0.1) is 0 Å². The molecule has 1 amide bonds. The van der Waals surface area contributed by atoms with Gasteiger partial charge in [0.15, 0.2) is 5.78 Å². The number of hydrogen-bond donors (Lipinski definition) is 1. The van der Waals surface area contributed by atoms with Gasteiger partial charge in [0, 0.05) is 23.0 Å². The zero-order valence-electron chi connectivity index (χ0n) is 10.9. The van der Waals surface area contributed by atoms with Crippen LogP contribution >= 0.6 is 15.9 Å². The molecule has 0 atom stereocenters. The van der Waals surface area contributed by atoms with Gasteiger partial charge in [-0.15, -0.1) is 0 Å². The quantitative estimate of drug-likeness (QED) is 0.848. The lowest BCUT2D eigenvalue weighted by atomic mass is 10.1. The number of amides is 1. The minimum Gasteiger partial charge on any atom is -0.352 e. The third kappa shape index (κ3) is 4.61. The van der Waals surface area contributed by atoms with E-state index in [0.717, 1.165) is 10.0 Å². The molecule has 0 aliphatic heterocycles. The van der Waals surface area contributed by atoms with Crippen LogP contribution in [0.25, 0.3) is 0 Å². The first kappa shape index (κ1) is 14.9. The SMILES string of the molecule is CC(=O)c1ccc(CNC(=O)CC(C)C)c(Br)c1. The van der Waals surface area contributed by atoms with Gasteiger partial charge in [-0.2, -0.15) is 0 Å². The maximum atomic E-state index is 11.5. The summed E-state index contributed by atoms with van der Waals surface area (Å²) in [5.41, 5.74) is 1.64. The number of rotatable bonds is 5. The summed E-state index contributed by atoms with van der Waals surface area (Å²) in [6.07, 6.45) is 0.531. The smallest absolute Gasteiger partial charge is 0.220 e. The first-order chi connectivity index (χ1) is 8.40. The van der Waals surface area contributed by atoms with Crippen molar-refractivity contribution in [3.8, 4) is 0 Å². The Bertz CT molecular complexity index is 455. The van der Waals surface area contributed by atoms with Crippen molar-refractivity contribution in [1.29, 1.82) is 0 Å². The van der Waals surface area contributed by atoms with Gasteiger partial charge >= 0.3 is 0 Å². The Kier molecular flexibility index (Phi) is 5.54. The average molecular weight is 312 g/mol. The van der Waals surface area contributed by atoms with Crippen LogP contribution in [-0.4, -0.2) is 11.7 Å². The normalized spacial score (nSPS) is 10.5. The van der Waals surface area contributed by atoms with Gasteiger partial charge < -0.3 is 5.32 Å². The van der Waals surface area contributed by atoms with E-state index < -0.39 is 0 Å². The molecule has 0 radical (unpaired) electrons. The molecule has 0 bridgehead atoms. The molecule has 0 aromatic heterocycles. The van der Waals surface area contributed by atoms with Crippen LogP contribution in [0.2, 0.25) is 0 Å². The Hall–Kier alpha value is -1.16. The Morgan fingerprint density at radius 2 is 2.00 bits per heavy atom. The highest BCUT2D eigenvalue weighted by Gasteiger charge is 2.07. The molecule has 0 aliphatic rings. The average Bonchev–Trinajstić information content (AvgIpc) is 2.26. The summed E-state index contributed by atoms with van der Waals surface area (Å²) in [4.78, 5) is 22.7. The fraction of sp³-hybridized carbons (Fsp3) is 0.429. The number of carbonyl (C=O) groups excluding carboxylic acids is 2. The standard InChI is InChI=1S/C14H18BrNO2/c1-9(2)6-14(18)16-8-12-5-4-11(10(3)17)7-13(12)15/h4-5,7,9H,6,8H2,1-3H3,(H,16,18). The van der Waals surface area contributed by atoms with Crippen molar-refractivity contribution < 1.29 is 9.59 Å². The van der Waals surface area contributed by atoms with Crippen LogP contribution in [0.15, 0.2) is 22.7 Å². The predicted molar refractivity (Wildman–Crippen MR) is 75.4 cm³/mol. The summed E-state index contributed by atoms with van der Waals surface area (Å²) in [6.45, 7) is 6.03. The number of hydrogen-bond acceptors (Lipinski definition) is 2. The van der Waals surface area contributed by atoms with E-state index in [-0.39, 0.29) is 11.7 Å². The van der Waals surface area contributed by atoms with Crippen molar-refractivity contribution in [3.63, 3.8) is 0 Å². The van der Waals surface area contributed by atoms with Crippen LogP contribution in [0.3, 0.4) is 0 Å². The fourth-order valence-corrected chi connectivity index (χ4v) is 2.07. The number of benzene rings is 1. The van der Waals surface area contributed by atoms with Gasteiger partial charge in [-0.3, -0.25) is 9.59 Å². The Balaban J connectivity index is 2.63. The molecule has 1 N–H and O–H groups in total. The second kappa shape index (κ2) is 6.69. The number of nitrogens with one attached hydrogen (secondary N) is 1. The maximum Gasteiger partial charge on any atom is 0.220 e. The van der Waals surface area contributed by atoms with Gasteiger partial charge in [0.2, 0.25) is 5.91 Å². The van der Waals surface area contributed by atoms with Crippen LogP contribution in [0.5, 0.6) is 0 Å². The lowest BCUT2D eigenvalue weighted by Gasteiger charge is -2.09. The molecule has 0 saturated carbocycles. The molecule has 0 unspecified atom stereocenters. The highest BCUT2D eigenvalue weighted by molar-refractivity contribution is 9.10. The lowest BCUT2D eigenvalue weighted by molar-refractivity contribution is -0.121. The first-order valence-electron chi connectivity index (χ1n) is 5.96. The third-order valence-electron chi connectivity index (χ3n) is 2.53. The summed E-state index contributed by atoms with van der Waals surface area (Å²) in [5, 5.41) is 2.87. The molecule has 4 heteroatoms. The molecule has 1 rings (SSSR count). The summed E-state index contributed by atoms with van der Waals surface area (Å²) in [5.74, 6) is 0.437. The number of ketones is 1. The van der Waals surface area contributed by atoms with Crippen molar-refractivity contribution in [3.05, 3.63) is 33.8 Å². The monoisotopic (exact) mass is 311 g/mol. The van der Waals surface area contributed by atoms with Crippen molar-refractivity contribution in [1.82, 2.24) is 5.32 Å². The molecule has 0 aliphatic carbocycles. The molecule has 0 spiro atoms. The minimum absolute atomic E-state index is 0.0334. The van der Waals surface area contributed by atoms with Gasteiger partial charge in [-0.25, -0.2) is 0 Å². The topological polar surface area (TPSA) is 46.2 Å². The van der Waals surface area contributed by atoms with Crippen molar-refractivity contribution in [2.75, 3.05) is 0 Å². The maximum absolute atomic E-state index is 11.5. The molecular weight excluding hydrogens is 294 g/mol. The Labute approximate surface area is 116 Å². The van der Waals surface area contributed by atoms with Gasteiger partial charge in [0.1, 0.15) is 0 Å². The van der Waals surface area contributed by atoms with E-state index in [9.17, 15) is 9.59 Å². The van der Waals surface area contributed by atoms with Crippen LogP contribution in [0.4, 0.5) is 0 Å². The molecule has 3 nitrogen and oxygen atoms in total. The summed E-state index contributed by atoms with van der Waals surface area (Å²) >= 11 is 3.41. The second-order valence-corrected chi connectivity index (χ2v) is 5.59. The second-order valence-electron chi connectivity index (χ2n) is 4.74. The number of halogens is 1. The van der Waals surface area contributed by atoms with Gasteiger partial charge in [0.25, 0.3) is 0 Å². The minimum atomic E-state index is 0.0334. The largest absolute Gasteiger partial charge is 0.352 e. The van der Waals surface area contributed by atoms with E-state index in [1.807, 2.05) is 19.9 Å². The molecule has 18 heavy (non-hydrogen) atoms. The summed E-state index contributed by atoms with van der Waals surface area (Å²) in [7, 11) is 0. The predicted octanol–water partition coefficient (Wildman–Crippen LogP) is 3.31. The van der Waals surface area contributed by atoms with E-state index in [1.54, 1.807) is 12.1 Å². The summed E-state index contributed by atoms with van der Waals surface area (Å²) < 4.78 is 0.847.